The third kappa shape index (κ3) is 6.40. The monoisotopic (exact) mass is 291 g/mol. The van der Waals surface area contributed by atoms with Crippen molar-refractivity contribution >= 4 is 17.5 Å². The second kappa shape index (κ2) is 9.13. The molecule has 2 amide bonds. The van der Waals surface area contributed by atoms with Gasteiger partial charge in [0.25, 0.3) is 5.91 Å². The molecule has 0 saturated carbocycles. The molecule has 0 bridgehead atoms. The summed E-state index contributed by atoms with van der Waals surface area (Å²) in [5.41, 5.74) is 1.29. The maximum absolute atomic E-state index is 11.9. The van der Waals surface area contributed by atoms with E-state index in [0.717, 1.165) is 19.4 Å². The van der Waals surface area contributed by atoms with Crippen LogP contribution >= 0.6 is 0 Å². The summed E-state index contributed by atoms with van der Waals surface area (Å²) in [5.74, 6) is -0.174. The molecule has 3 N–H and O–H groups in total. The van der Waals surface area contributed by atoms with Crippen molar-refractivity contribution < 1.29 is 9.59 Å². The van der Waals surface area contributed by atoms with E-state index in [1.165, 1.54) is 0 Å². The fourth-order valence-corrected chi connectivity index (χ4v) is 1.70. The van der Waals surface area contributed by atoms with E-state index >= 15 is 0 Å². The Bertz CT molecular complexity index is 457. The summed E-state index contributed by atoms with van der Waals surface area (Å²) in [6.07, 6.45) is 1.89. The average molecular weight is 291 g/mol. The number of benzene rings is 1. The number of hydrogen-bond donors (Lipinski definition) is 3. The fourth-order valence-electron chi connectivity index (χ4n) is 1.70. The van der Waals surface area contributed by atoms with Crippen LogP contribution < -0.4 is 16.0 Å². The Morgan fingerprint density at radius 2 is 1.81 bits per heavy atom. The van der Waals surface area contributed by atoms with Gasteiger partial charge in [-0.05, 0) is 50.6 Å². The lowest BCUT2D eigenvalue weighted by atomic mass is 10.1. The van der Waals surface area contributed by atoms with Crippen LogP contribution in [0.2, 0.25) is 0 Å². The number of carbonyl (C=O) groups excluding carboxylic acids is 2. The highest BCUT2D eigenvalue weighted by Gasteiger charge is 2.08. The van der Waals surface area contributed by atoms with E-state index in [1.54, 1.807) is 24.3 Å². The first-order chi connectivity index (χ1) is 10.1. The minimum absolute atomic E-state index is 0.0831. The molecule has 0 aliphatic carbocycles. The second-order valence-electron chi connectivity index (χ2n) is 5.09. The predicted octanol–water partition coefficient (Wildman–Crippen LogP) is 2.15. The van der Waals surface area contributed by atoms with Gasteiger partial charge < -0.3 is 16.0 Å². The maximum Gasteiger partial charge on any atom is 0.251 e. The zero-order valence-electron chi connectivity index (χ0n) is 13.0. The van der Waals surface area contributed by atoms with Crippen molar-refractivity contribution in [3.63, 3.8) is 0 Å². The van der Waals surface area contributed by atoms with Crippen LogP contribution in [0, 0.1) is 0 Å². The largest absolute Gasteiger partial charge is 0.350 e. The summed E-state index contributed by atoms with van der Waals surface area (Å²) in [5, 5.41) is 8.73. The standard InChI is InChI=1S/C16H25N3O2/c1-4-10-17-11-15(20)19-14-8-6-13(7-9-14)16(21)18-12(3)5-2/h6-9,12,17H,4-5,10-11H2,1-3H3,(H,18,21)(H,19,20). The molecule has 0 aromatic heterocycles. The summed E-state index contributed by atoms with van der Waals surface area (Å²) in [6.45, 7) is 7.16. The van der Waals surface area contributed by atoms with Crippen molar-refractivity contribution in [2.24, 2.45) is 0 Å². The third-order valence-corrected chi connectivity index (χ3v) is 3.13. The van der Waals surface area contributed by atoms with E-state index < -0.39 is 0 Å². The summed E-state index contributed by atoms with van der Waals surface area (Å²) in [7, 11) is 0. The Morgan fingerprint density at radius 3 is 2.38 bits per heavy atom. The molecule has 5 nitrogen and oxygen atoms in total. The molecule has 0 heterocycles. The maximum atomic E-state index is 11.9. The molecule has 0 saturated heterocycles. The fraction of sp³-hybridized carbons (Fsp3) is 0.500. The van der Waals surface area contributed by atoms with Crippen molar-refractivity contribution in [1.29, 1.82) is 0 Å². The van der Waals surface area contributed by atoms with Crippen LogP contribution in [0.25, 0.3) is 0 Å². The van der Waals surface area contributed by atoms with Gasteiger partial charge in [-0.2, -0.15) is 0 Å². The summed E-state index contributed by atoms with van der Waals surface area (Å²) in [6, 6.07) is 7.06. The van der Waals surface area contributed by atoms with Gasteiger partial charge in [0.05, 0.1) is 6.54 Å². The zero-order valence-corrected chi connectivity index (χ0v) is 13.0. The smallest absolute Gasteiger partial charge is 0.251 e. The van der Waals surface area contributed by atoms with Crippen molar-refractivity contribution in [3.05, 3.63) is 29.8 Å². The molecule has 1 aromatic rings. The van der Waals surface area contributed by atoms with E-state index in [4.69, 9.17) is 0 Å². The van der Waals surface area contributed by atoms with Gasteiger partial charge in [-0.1, -0.05) is 13.8 Å². The summed E-state index contributed by atoms with van der Waals surface area (Å²) in [4.78, 5) is 23.6. The summed E-state index contributed by atoms with van der Waals surface area (Å²) >= 11 is 0. The topological polar surface area (TPSA) is 70.2 Å². The molecule has 21 heavy (non-hydrogen) atoms. The quantitative estimate of drug-likeness (QED) is 0.643. The van der Waals surface area contributed by atoms with Crippen LogP contribution in [0.3, 0.4) is 0 Å². The van der Waals surface area contributed by atoms with Gasteiger partial charge in [0.15, 0.2) is 0 Å². The first-order valence-electron chi connectivity index (χ1n) is 7.48. The Labute approximate surface area is 126 Å². The Morgan fingerprint density at radius 1 is 1.14 bits per heavy atom. The van der Waals surface area contributed by atoms with Gasteiger partial charge in [-0.25, -0.2) is 0 Å². The Hall–Kier alpha value is -1.88. The number of rotatable bonds is 8. The van der Waals surface area contributed by atoms with Gasteiger partial charge in [0.1, 0.15) is 0 Å². The molecular weight excluding hydrogens is 266 g/mol. The van der Waals surface area contributed by atoms with Crippen LogP contribution in [0.5, 0.6) is 0 Å². The van der Waals surface area contributed by atoms with Crippen molar-refractivity contribution in [3.8, 4) is 0 Å². The molecule has 116 valence electrons. The van der Waals surface area contributed by atoms with E-state index in [2.05, 4.69) is 16.0 Å². The number of carbonyl (C=O) groups is 2. The Kier molecular flexibility index (Phi) is 7.46. The molecule has 5 heteroatoms. The number of amides is 2. The molecule has 0 spiro atoms. The van der Waals surface area contributed by atoms with Crippen LogP contribution in [0.15, 0.2) is 24.3 Å². The molecule has 1 rings (SSSR count). The highest BCUT2D eigenvalue weighted by atomic mass is 16.2. The predicted molar refractivity (Wildman–Crippen MR) is 85.5 cm³/mol. The molecule has 0 aliphatic rings. The normalized spacial score (nSPS) is 11.8. The van der Waals surface area contributed by atoms with Gasteiger partial charge in [0.2, 0.25) is 5.91 Å². The minimum atomic E-state index is -0.0909. The molecule has 1 unspecified atom stereocenters. The lowest BCUT2D eigenvalue weighted by Crippen LogP contribution is -2.31. The van der Waals surface area contributed by atoms with Crippen LogP contribution in [0.1, 0.15) is 44.0 Å². The van der Waals surface area contributed by atoms with Crippen molar-refractivity contribution in [2.75, 3.05) is 18.4 Å². The van der Waals surface area contributed by atoms with Crippen LogP contribution in [-0.4, -0.2) is 30.9 Å². The van der Waals surface area contributed by atoms with Crippen LogP contribution in [-0.2, 0) is 4.79 Å². The van der Waals surface area contributed by atoms with Crippen molar-refractivity contribution in [2.45, 2.75) is 39.7 Å². The van der Waals surface area contributed by atoms with E-state index in [-0.39, 0.29) is 17.9 Å². The first-order valence-corrected chi connectivity index (χ1v) is 7.48. The minimum Gasteiger partial charge on any atom is -0.350 e. The number of anilines is 1. The van der Waals surface area contributed by atoms with Gasteiger partial charge in [-0.15, -0.1) is 0 Å². The molecule has 1 aromatic carbocycles. The SMILES string of the molecule is CCCNCC(=O)Nc1ccc(C(=O)NC(C)CC)cc1. The van der Waals surface area contributed by atoms with E-state index in [0.29, 0.717) is 17.8 Å². The van der Waals surface area contributed by atoms with Crippen molar-refractivity contribution in [1.82, 2.24) is 10.6 Å². The lowest BCUT2D eigenvalue weighted by molar-refractivity contribution is -0.115. The molecular formula is C16H25N3O2. The molecule has 1 atom stereocenters. The third-order valence-electron chi connectivity index (χ3n) is 3.13. The molecule has 0 radical (unpaired) electrons. The van der Waals surface area contributed by atoms with E-state index in [9.17, 15) is 9.59 Å². The lowest BCUT2D eigenvalue weighted by Gasteiger charge is -2.12. The second-order valence-corrected chi connectivity index (χ2v) is 5.09. The zero-order chi connectivity index (χ0) is 15.7. The Balaban J connectivity index is 2.50. The van der Waals surface area contributed by atoms with Gasteiger partial charge in [-0.3, -0.25) is 9.59 Å². The summed E-state index contributed by atoms with van der Waals surface area (Å²) < 4.78 is 0. The average Bonchev–Trinajstić information content (AvgIpc) is 2.48. The number of nitrogens with one attached hydrogen (secondary N) is 3. The van der Waals surface area contributed by atoms with Gasteiger partial charge >= 0.3 is 0 Å². The van der Waals surface area contributed by atoms with Crippen LogP contribution in [0.4, 0.5) is 5.69 Å². The highest BCUT2D eigenvalue weighted by Crippen LogP contribution is 2.09. The molecule has 0 aliphatic heterocycles. The van der Waals surface area contributed by atoms with E-state index in [1.807, 2.05) is 20.8 Å². The van der Waals surface area contributed by atoms with Gasteiger partial charge in [0, 0.05) is 17.3 Å². The first kappa shape index (κ1) is 17.2. The molecule has 0 fully saturated rings. The number of hydrogen-bond acceptors (Lipinski definition) is 3. The highest BCUT2D eigenvalue weighted by molar-refractivity contribution is 5.96.